The SMILES string of the molecule is COc1c(F)cc(F)cc1C(=O)C(C)N. The Bertz CT molecular complexity index is 391. The average Bonchev–Trinajstić information content (AvgIpc) is 2.15. The number of nitrogens with two attached hydrogens (primary N) is 1. The van der Waals surface area contributed by atoms with E-state index in [9.17, 15) is 13.6 Å². The lowest BCUT2D eigenvalue weighted by Crippen LogP contribution is -2.27. The summed E-state index contributed by atoms with van der Waals surface area (Å²) in [7, 11) is 1.20. The van der Waals surface area contributed by atoms with Crippen LogP contribution in [0.3, 0.4) is 0 Å². The molecule has 15 heavy (non-hydrogen) atoms. The molecule has 1 aromatic carbocycles. The van der Waals surface area contributed by atoms with Crippen molar-refractivity contribution >= 4 is 5.78 Å². The first-order valence-electron chi connectivity index (χ1n) is 4.30. The van der Waals surface area contributed by atoms with Crippen molar-refractivity contribution in [2.24, 2.45) is 5.73 Å². The number of carbonyl (C=O) groups excluding carboxylic acids is 1. The van der Waals surface area contributed by atoms with Gasteiger partial charge in [-0.3, -0.25) is 4.79 Å². The van der Waals surface area contributed by atoms with E-state index in [0.717, 1.165) is 6.07 Å². The molecular weight excluding hydrogens is 204 g/mol. The van der Waals surface area contributed by atoms with Gasteiger partial charge in [-0.15, -0.1) is 0 Å². The van der Waals surface area contributed by atoms with Crippen LogP contribution in [0.15, 0.2) is 12.1 Å². The van der Waals surface area contributed by atoms with Crippen molar-refractivity contribution in [3.63, 3.8) is 0 Å². The van der Waals surface area contributed by atoms with Gasteiger partial charge in [0.25, 0.3) is 0 Å². The zero-order chi connectivity index (χ0) is 11.6. The van der Waals surface area contributed by atoms with Gasteiger partial charge < -0.3 is 10.5 Å². The van der Waals surface area contributed by atoms with E-state index >= 15 is 0 Å². The maximum atomic E-state index is 13.2. The van der Waals surface area contributed by atoms with Crippen molar-refractivity contribution in [2.75, 3.05) is 7.11 Å². The van der Waals surface area contributed by atoms with Crippen LogP contribution in [0.25, 0.3) is 0 Å². The predicted octanol–water partition coefficient (Wildman–Crippen LogP) is 1.50. The van der Waals surface area contributed by atoms with E-state index in [0.29, 0.717) is 6.07 Å². The normalized spacial score (nSPS) is 12.3. The Morgan fingerprint density at radius 1 is 1.47 bits per heavy atom. The zero-order valence-corrected chi connectivity index (χ0v) is 8.38. The zero-order valence-electron chi connectivity index (χ0n) is 8.38. The first-order chi connectivity index (χ1) is 6.97. The quantitative estimate of drug-likeness (QED) is 0.777. The van der Waals surface area contributed by atoms with Gasteiger partial charge in [0.1, 0.15) is 5.82 Å². The maximum absolute atomic E-state index is 13.2. The van der Waals surface area contributed by atoms with Gasteiger partial charge in [-0.05, 0) is 13.0 Å². The Morgan fingerprint density at radius 3 is 2.53 bits per heavy atom. The molecule has 0 bridgehead atoms. The minimum atomic E-state index is -0.915. The molecular formula is C10H11F2NO2. The van der Waals surface area contributed by atoms with Crippen LogP contribution in [0.2, 0.25) is 0 Å². The Labute approximate surface area is 85.8 Å². The molecule has 5 heteroatoms. The molecule has 0 saturated heterocycles. The largest absolute Gasteiger partial charge is 0.493 e. The second-order valence-corrected chi connectivity index (χ2v) is 3.12. The number of methoxy groups -OCH3 is 1. The van der Waals surface area contributed by atoms with Crippen LogP contribution >= 0.6 is 0 Å². The summed E-state index contributed by atoms with van der Waals surface area (Å²) >= 11 is 0. The van der Waals surface area contributed by atoms with E-state index in [4.69, 9.17) is 5.73 Å². The van der Waals surface area contributed by atoms with Gasteiger partial charge >= 0.3 is 0 Å². The van der Waals surface area contributed by atoms with Gasteiger partial charge in [0, 0.05) is 6.07 Å². The molecule has 0 aliphatic heterocycles. The van der Waals surface area contributed by atoms with Crippen LogP contribution in [0.5, 0.6) is 5.75 Å². The van der Waals surface area contributed by atoms with Crippen molar-refractivity contribution in [2.45, 2.75) is 13.0 Å². The highest BCUT2D eigenvalue weighted by Crippen LogP contribution is 2.24. The van der Waals surface area contributed by atoms with Gasteiger partial charge in [0.15, 0.2) is 17.3 Å². The molecule has 1 rings (SSSR count). The summed E-state index contributed by atoms with van der Waals surface area (Å²) in [5.41, 5.74) is 5.17. The second-order valence-electron chi connectivity index (χ2n) is 3.12. The third kappa shape index (κ3) is 2.30. The fraction of sp³-hybridized carbons (Fsp3) is 0.300. The van der Waals surface area contributed by atoms with Gasteiger partial charge in [0.2, 0.25) is 0 Å². The van der Waals surface area contributed by atoms with Gasteiger partial charge in [-0.2, -0.15) is 0 Å². The molecule has 0 aliphatic carbocycles. The number of hydrogen-bond acceptors (Lipinski definition) is 3. The van der Waals surface area contributed by atoms with E-state index in [-0.39, 0.29) is 11.3 Å². The molecule has 0 fully saturated rings. The van der Waals surface area contributed by atoms with E-state index in [1.165, 1.54) is 14.0 Å². The van der Waals surface area contributed by atoms with Crippen molar-refractivity contribution < 1.29 is 18.3 Å². The maximum Gasteiger partial charge on any atom is 0.183 e. The highest BCUT2D eigenvalue weighted by atomic mass is 19.1. The fourth-order valence-corrected chi connectivity index (χ4v) is 1.20. The summed E-state index contributed by atoms with van der Waals surface area (Å²) < 4.78 is 30.7. The Hall–Kier alpha value is -1.49. The standard InChI is InChI=1S/C10H11F2NO2/c1-5(13)9(14)7-3-6(11)4-8(12)10(7)15-2/h3-5H,13H2,1-2H3. The molecule has 0 aromatic heterocycles. The second kappa shape index (κ2) is 4.35. The number of hydrogen-bond donors (Lipinski definition) is 1. The number of benzene rings is 1. The lowest BCUT2D eigenvalue weighted by Gasteiger charge is -2.10. The van der Waals surface area contributed by atoms with Crippen LogP contribution < -0.4 is 10.5 Å². The summed E-state index contributed by atoms with van der Waals surface area (Å²) in [6.07, 6.45) is 0. The number of rotatable bonds is 3. The number of ketones is 1. The Kier molecular flexibility index (Phi) is 3.36. The summed E-state index contributed by atoms with van der Waals surface area (Å²) in [6.45, 7) is 1.44. The number of ether oxygens (including phenoxy) is 1. The molecule has 0 heterocycles. The summed E-state index contributed by atoms with van der Waals surface area (Å²) in [6, 6.07) is 0.727. The third-order valence-corrected chi connectivity index (χ3v) is 1.89. The van der Waals surface area contributed by atoms with Crippen molar-refractivity contribution in [3.8, 4) is 5.75 Å². The smallest absolute Gasteiger partial charge is 0.183 e. The molecule has 0 amide bonds. The molecule has 1 atom stereocenters. The first-order valence-corrected chi connectivity index (χ1v) is 4.30. The lowest BCUT2D eigenvalue weighted by atomic mass is 10.0. The average molecular weight is 215 g/mol. The summed E-state index contributed by atoms with van der Waals surface area (Å²) in [5, 5.41) is 0. The molecule has 3 nitrogen and oxygen atoms in total. The minimum Gasteiger partial charge on any atom is -0.493 e. The van der Waals surface area contributed by atoms with Crippen LogP contribution in [0.4, 0.5) is 8.78 Å². The highest BCUT2D eigenvalue weighted by molar-refractivity contribution is 6.02. The summed E-state index contributed by atoms with van der Waals surface area (Å²) in [5.74, 6) is -2.59. The lowest BCUT2D eigenvalue weighted by molar-refractivity contribution is 0.0963. The number of Topliss-reactive ketones (excluding diaryl/α,β-unsaturated/α-hetero) is 1. The van der Waals surface area contributed by atoms with E-state index < -0.39 is 23.5 Å². The third-order valence-electron chi connectivity index (χ3n) is 1.89. The highest BCUT2D eigenvalue weighted by Gasteiger charge is 2.20. The molecule has 2 N–H and O–H groups in total. The number of halogens is 2. The molecule has 1 aromatic rings. The van der Waals surface area contributed by atoms with Crippen LogP contribution in [0.1, 0.15) is 17.3 Å². The number of carbonyl (C=O) groups is 1. The molecule has 0 radical (unpaired) electrons. The predicted molar refractivity (Wildman–Crippen MR) is 50.9 cm³/mol. The van der Waals surface area contributed by atoms with E-state index in [1.807, 2.05) is 0 Å². The topological polar surface area (TPSA) is 52.3 Å². The van der Waals surface area contributed by atoms with Crippen LogP contribution in [-0.2, 0) is 0 Å². The Morgan fingerprint density at radius 2 is 2.07 bits per heavy atom. The van der Waals surface area contributed by atoms with Crippen molar-refractivity contribution in [1.82, 2.24) is 0 Å². The minimum absolute atomic E-state index is 0.176. The fourth-order valence-electron chi connectivity index (χ4n) is 1.20. The first kappa shape index (κ1) is 11.6. The summed E-state index contributed by atoms with van der Waals surface area (Å²) in [4.78, 5) is 11.5. The van der Waals surface area contributed by atoms with Crippen LogP contribution in [-0.4, -0.2) is 18.9 Å². The van der Waals surface area contributed by atoms with E-state index in [2.05, 4.69) is 4.74 Å². The van der Waals surface area contributed by atoms with Gasteiger partial charge in [-0.1, -0.05) is 0 Å². The van der Waals surface area contributed by atoms with Gasteiger partial charge in [0.05, 0.1) is 18.7 Å². The molecule has 1 unspecified atom stereocenters. The molecule has 82 valence electrons. The van der Waals surface area contributed by atoms with Gasteiger partial charge in [-0.25, -0.2) is 8.78 Å². The van der Waals surface area contributed by atoms with Crippen LogP contribution in [0, 0.1) is 11.6 Å². The molecule has 0 aliphatic rings. The van der Waals surface area contributed by atoms with Crippen molar-refractivity contribution in [1.29, 1.82) is 0 Å². The van der Waals surface area contributed by atoms with E-state index in [1.54, 1.807) is 0 Å². The van der Waals surface area contributed by atoms with Crippen molar-refractivity contribution in [3.05, 3.63) is 29.3 Å². The molecule has 0 saturated carbocycles. The monoisotopic (exact) mass is 215 g/mol. The molecule has 0 spiro atoms. The Balaban J connectivity index is 3.32.